The van der Waals surface area contributed by atoms with Gasteiger partial charge in [-0.2, -0.15) is 5.10 Å². The summed E-state index contributed by atoms with van der Waals surface area (Å²) in [6, 6.07) is 0. The summed E-state index contributed by atoms with van der Waals surface area (Å²) in [5.41, 5.74) is 1.61. The van der Waals surface area contributed by atoms with Crippen molar-refractivity contribution in [1.29, 1.82) is 0 Å². The number of ether oxygens (including phenoxy) is 2. The summed E-state index contributed by atoms with van der Waals surface area (Å²) >= 11 is 1.26. The summed E-state index contributed by atoms with van der Waals surface area (Å²) in [7, 11) is 4.72. The summed E-state index contributed by atoms with van der Waals surface area (Å²) in [6.45, 7) is 1.87. The molecule has 0 aliphatic carbocycles. The van der Waals surface area contributed by atoms with Crippen LogP contribution in [0.4, 0.5) is 0 Å². The molecule has 2 aromatic rings. The molecule has 2 heterocycles. The minimum absolute atomic E-state index is 0.390. The Morgan fingerprint density at radius 2 is 2.17 bits per heavy atom. The van der Waals surface area contributed by atoms with Gasteiger partial charge in [-0.05, 0) is 6.92 Å². The van der Waals surface area contributed by atoms with E-state index in [0.29, 0.717) is 15.8 Å². The lowest BCUT2D eigenvalue weighted by Crippen LogP contribution is -1.96. The van der Waals surface area contributed by atoms with Gasteiger partial charge in [0.2, 0.25) is 5.88 Å². The maximum Gasteiger partial charge on any atom is 0.349 e. The fraction of sp³-hybridized carbons (Fsp3) is 0.364. The Labute approximate surface area is 108 Å². The number of hydrogen-bond acceptors (Lipinski definition) is 6. The minimum atomic E-state index is -0.390. The second kappa shape index (κ2) is 4.77. The van der Waals surface area contributed by atoms with E-state index in [2.05, 4.69) is 14.8 Å². The molecular formula is C11H13N3O3S. The van der Waals surface area contributed by atoms with Crippen LogP contribution in [-0.4, -0.2) is 35.0 Å². The van der Waals surface area contributed by atoms with E-state index in [1.54, 1.807) is 18.8 Å². The average Bonchev–Trinajstić information content (AvgIpc) is 2.92. The molecule has 6 nitrogen and oxygen atoms in total. The van der Waals surface area contributed by atoms with E-state index >= 15 is 0 Å². The standard InChI is InChI=1S/C11H13N3O3S/c1-6-8(10(16-3)14(2)13-6)9-12-5-7(18-9)11(15)17-4/h5H,1-4H3. The van der Waals surface area contributed by atoms with Crippen LogP contribution < -0.4 is 4.74 Å². The van der Waals surface area contributed by atoms with Gasteiger partial charge in [0.1, 0.15) is 9.88 Å². The van der Waals surface area contributed by atoms with Crippen molar-refractivity contribution in [1.82, 2.24) is 14.8 Å². The molecular weight excluding hydrogens is 254 g/mol. The first-order valence-corrected chi connectivity index (χ1v) is 6.02. The van der Waals surface area contributed by atoms with E-state index in [-0.39, 0.29) is 5.97 Å². The van der Waals surface area contributed by atoms with Gasteiger partial charge in [0.15, 0.2) is 0 Å². The number of carbonyl (C=O) groups is 1. The van der Waals surface area contributed by atoms with Crippen molar-refractivity contribution < 1.29 is 14.3 Å². The Kier molecular flexibility index (Phi) is 3.33. The number of carbonyl (C=O) groups excluding carboxylic acids is 1. The first kappa shape index (κ1) is 12.6. The Bertz CT molecular complexity index is 588. The number of aromatic nitrogens is 3. The zero-order chi connectivity index (χ0) is 13.3. The van der Waals surface area contributed by atoms with E-state index < -0.39 is 0 Å². The highest BCUT2D eigenvalue weighted by atomic mass is 32.1. The maximum absolute atomic E-state index is 11.4. The zero-order valence-electron chi connectivity index (χ0n) is 10.6. The number of esters is 1. The predicted octanol–water partition coefficient (Wildman–Crippen LogP) is 1.65. The molecule has 18 heavy (non-hydrogen) atoms. The van der Waals surface area contributed by atoms with Crippen LogP contribution in [0.1, 0.15) is 15.4 Å². The quantitative estimate of drug-likeness (QED) is 0.791. The molecule has 0 N–H and O–H groups in total. The molecule has 7 heteroatoms. The fourth-order valence-electron chi connectivity index (χ4n) is 1.70. The van der Waals surface area contributed by atoms with Crippen molar-refractivity contribution in [2.45, 2.75) is 6.92 Å². The Morgan fingerprint density at radius 3 is 2.78 bits per heavy atom. The summed E-state index contributed by atoms with van der Waals surface area (Å²) < 4.78 is 11.6. The Hall–Kier alpha value is -1.89. The molecule has 96 valence electrons. The van der Waals surface area contributed by atoms with Crippen molar-refractivity contribution in [2.24, 2.45) is 7.05 Å². The molecule has 0 unspecified atom stereocenters. The monoisotopic (exact) mass is 267 g/mol. The van der Waals surface area contributed by atoms with Crippen molar-refractivity contribution >= 4 is 17.3 Å². The van der Waals surface area contributed by atoms with E-state index in [0.717, 1.165) is 11.3 Å². The van der Waals surface area contributed by atoms with E-state index in [4.69, 9.17) is 4.74 Å². The topological polar surface area (TPSA) is 66.2 Å². The molecule has 0 amide bonds. The van der Waals surface area contributed by atoms with Gasteiger partial charge in [-0.15, -0.1) is 11.3 Å². The third-order valence-corrected chi connectivity index (χ3v) is 3.46. The number of aryl methyl sites for hydroxylation is 2. The highest BCUT2D eigenvalue weighted by Gasteiger charge is 2.20. The fourth-order valence-corrected chi connectivity index (χ4v) is 2.62. The molecule has 0 atom stereocenters. The van der Waals surface area contributed by atoms with Crippen LogP contribution >= 0.6 is 11.3 Å². The van der Waals surface area contributed by atoms with E-state index in [9.17, 15) is 4.79 Å². The Morgan fingerprint density at radius 1 is 1.44 bits per heavy atom. The lowest BCUT2D eigenvalue weighted by atomic mass is 10.2. The molecule has 0 spiro atoms. The largest absolute Gasteiger partial charge is 0.481 e. The van der Waals surface area contributed by atoms with Gasteiger partial charge in [-0.3, -0.25) is 0 Å². The van der Waals surface area contributed by atoms with Crippen molar-refractivity contribution in [3.8, 4) is 16.5 Å². The highest BCUT2D eigenvalue weighted by Crippen LogP contribution is 2.35. The number of thiazole rings is 1. The molecule has 0 saturated carbocycles. The molecule has 2 rings (SSSR count). The molecule has 0 bridgehead atoms. The van der Waals surface area contributed by atoms with Crippen molar-refractivity contribution in [2.75, 3.05) is 14.2 Å². The second-order valence-corrected chi connectivity index (χ2v) is 4.65. The van der Waals surface area contributed by atoms with Crippen molar-refractivity contribution in [3.63, 3.8) is 0 Å². The molecule has 0 aliphatic heterocycles. The van der Waals surface area contributed by atoms with Gasteiger partial charge in [-0.1, -0.05) is 0 Å². The number of rotatable bonds is 3. The van der Waals surface area contributed by atoms with Crippen molar-refractivity contribution in [3.05, 3.63) is 16.8 Å². The van der Waals surface area contributed by atoms with Crippen LogP contribution in [0.15, 0.2) is 6.20 Å². The number of hydrogen-bond donors (Lipinski definition) is 0. The normalized spacial score (nSPS) is 10.4. The lowest BCUT2D eigenvalue weighted by molar-refractivity contribution is 0.0606. The molecule has 0 aromatic carbocycles. The molecule has 2 aromatic heterocycles. The molecule has 0 fully saturated rings. The number of nitrogens with zero attached hydrogens (tertiary/aromatic N) is 3. The van der Waals surface area contributed by atoms with Gasteiger partial charge in [-0.25, -0.2) is 14.5 Å². The maximum atomic E-state index is 11.4. The first-order chi connectivity index (χ1) is 8.58. The van der Waals surface area contributed by atoms with Crippen LogP contribution in [-0.2, 0) is 11.8 Å². The third-order valence-electron chi connectivity index (χ3n) is 2.47. The van der Waals surface area contributed by atoms with Crippen LogP contribution in [0.5, 0.6) is 5.88 Å². The van der Waals surface area contributed by atoms with Gasteiger partial charge < -0.3 is 9.47 Å². The highest BCUT2D eigenvalue weighted by molar-refractivity contribution is 7.16. The second-order valence-electron chi connectivity index (χ2n) is 3.61. The molecule has 0 radical (unpaired) electrons. The van der Waals surface area contributed by atoms with Crippen LogP contribution in [0, 0.1) is 6.92 Å². The van der Waals surface area contributed by atoms with Crippen LogP contribution in [0.2, 0.25) is 0 Å². The van der Waals surface area contributed by atoms with Gasteiger partial charge in [0, 0.05) is 7.05 Å². The van der Waals surface area contributed by atoms with E-state index in [1.165, 1.54) is 24.6 Å². The van der Waals surface area contributed by atoms with Gasteiger partial charge in [0.25, 0.3) is 0 Å². The molecule has 0 aliphatic rings. The third kappa shape index (κ3) is 1.97. The smallest absolute Gasteiger partial charge is 0.349 e. The molecule has 0 saturated heterocycles. The first-order valence-electron chi connectivity index (χ1n) is 5.20. The number of methoxy groups -OCH3 is 2. The predicted molar refractivity (Wildman–Crippen MR) is 66.9 cm³/mol. The summed E-state index contributed by atoms with van der Waals surface area (Å²) in [5, 5.41) is 4.97. The average molecular weight is 267 g/mol. The lowest BCUT2D eigenvalue weighted by Gasteiger charge is -2.01. The zero-order valence-corrected chi connectivity index (χ0v) is 11.4. The van der Waals surface area contributed by atoms with Gasteiger partial charge >= 0.3 is 5.97 Å². The SMILES string of the molecule is COC(=O)c1cnc(-c2c(C)nn(C)c2OC)s1. The summed E-state index contributed by atoms with van der Waals surface area (Å²) in [4.78, 5) is 16.1. The van der Waals surface area contributed by atoms with Crippen LogP contribution in [0.3, 0.4) is 0 Å². The Balaban J connectivity index is 2.49. The summed E-state index contributed by atoms with van der Waals surface area (Å²) in [5.74, 6) is 0.234. The van der Waals surface area contributed by atoms with E-state index in [1.807, 2.05) is 6.92 Å². The summed E-state index contributed by atoms with van der Waals surface area (Å²) in [6.07, 6.45) is 1.50. The minimum Gasteiger partial charge on any atom is -0.481 e. The van der Waals surface area contributed by atoms with Gasteiger partial charge in [0.05, 0.1) is 31.7 Å². The van der Waals surface area contributed by atoms with Crippen LogP contribution in [0.25, 0.3) is 10.6 Å².